The molecule has 0 amide bonds. The zero-order valence-corrected chi connectivity index (χ0v) is 18.6. The van der Waals surface area contributed by atoms with E-state index in [1.165, 1.54) is 22.3 Å². The minimum Gasteiger partial charge on any atom is -0.454 e. The number of benzene rings is 4. The number of anilines is 2. The second-order valence-corrected chi connectivity index (χ2v) is 9.22. The fourth-order valence-electron chi connectivity index (χ4n) is 5.30. The number of rotatable bonds is 3. The Hall–Kier alpha value is -3.78. The molecule has 0 atom stereocenters. The zero-order valence-electron chi connectivity index (χ0n) is 18.6. The van der Waals surface area contributed by atoms with E-state index in [2.05, 4.69) is 105 Å². The van der Waals surface area contributed by atoms with E-state index in [9.17, 15) is 0 Å². The molecule has 0 unspecified atom stereocenters. The fourth-order valence-corrected chi connectivity index (χ4v) is 5.30. The molecule has 4 aromatic carbocycles. The van der Waals surface area contributed by atoms with E-state index in [0.717, 1.165) is 39.0 Å². The second-order valence-electron chi connectivity index (χ2n) is 9.22. The normalized spacial score (nSPS) is 13.8. The highest BCUT2D eigenvalue weighted by atomic mass is 16.3. The maximum absolute atomic E-state index is 6.34. The molecule has 0 aliphatic heterocycles. The van der Waals surface area contributed by atoms with Crippen molar-refractivity contribution in [3.63, 3.8) is 0 Å². The van der Waals surface area contributed by atoms with Gasteiger partial charge in [0.15, 0.2) is 5.58 Å². The molecule has 6 rings (SSSR count). The van der Waals surface area contributed by atoms with Crippen LogP contribution >= 0.6 is 0 Å². The molecular weight excluding hydrogens is 390 g/mol. The summed E-state index contributed by atoms with van der Waals surface area (Å²) >= 11 is 0. The number of para-hydroxylation sites is 2. The first kappa shape index (κ1) is 18.9. The van der Waals surface area contributed by atoms with Gasteiger partial charge in [-0.05, 0) is 53.4 Å². The SMILES string of the molecule is C=C(C)N(c1ccc2c(c1)C(C)(C)c1ccccc1-2)c1cccc2c1oc1ccccc12. The van der Waals surface area contributed by atoms with E-state index in [1.807, 2.05) is 12.1 Å². The summed E-state index contributed by atoms with van der Waals surface area (Å²) in [6.07, 6.45) is 0. The predicted octanol–water partition coefficient (Wildman–Crippen LogP) is 8.56. The Labute approximate surface area is 188 Å². The summed E-state index contributed by atoms with van der Waals surface area (Å²) in [4.78, 5) is 2.21. The number of nitrogens with zero attached hydrogens (tertiary/aromatic N) is 1. The monoisotopic (exact) mass is 415 g/mol. The van der Waals surface area contributed by atoms with Gasteiger partial charge in [-0.1, -0.05) is 81.1 Å². The average Bonchev–Trinajstić information content (AvgIpc) is 3.28. The third-order valence-corrected chi connectivity index (χ3v) is 6.83. The average molecular weight is 416 g/mol. The third kappa shape index (κ3) is 2.53. The molecule has 0 bridgehead atoms. The van der Waals surface area contributed by atoms with Crippen molar-refractivity contribution in [1.29, 1.82) is 0 Å². The van der Waals surface area contributed by atoms with Crippen LogP contribution in [0.15, 0.2) is 102 Å². The standard InChI is InChI=1S/C30H25NO/c1-19(2)31(27-14-9-12-24-23-11-6-8-15-28(23)32-29(24)27)20-16-17-22-21-10-5-7-13-25(21)30(3,4)26(22)18-20/h5-18H,1H2,2-4H3. The lowest BCUT2D eigenvalue weighted by Gasteiger charge is -2.28. The minimum absolute atomic E-state index is 0.0476. The van der Waals surface area contributed by atoms with Crippen LogP contribution in [0.3, 0.4) is 0 Å². The topological polar surface area (TPSA) is 16.4 Å². The lowest BCUT2D eigenvalue weighted by Crippen LogP contribution is -2.17. The van der Waals surface area contributed by atoms with Crippen molar-refractivity contribution in [3.05, 3.63) is 108 Å². The maximum Gasteiger partial charge on any atom is 0.159 e. The highest BCUT2D eigenvalue weighted by Gasteiger charge is 2.35. The van der Waals surface area contributed by atoms with Crippen LogP contribution in [0.4, 0.5) is 11.4 Å². The van der Waals surface area contributed by atoms with E-state index in [1.54, 1.807) is 0 Å². The van der Waals surface area contributed by atoms with Gasteiger partial charge in [0.1, 0.15) is 5.58 Å². The van der Waals surface area contributed by atoms with E-state index in [4.69, 9.17) is 4.42 Å². The molecule has 1 aromatic heterocycles. The van der Waals surface area contributed by atoms with Crippen LogP contribution < -0.4 is 4.90 Å². The van der Waals surface area contributed by atoms with Gasteiger partial charge in [0.2, 0.25) is 0 Å². The largest absolute Gasteiger partial charge is 0.454 e. The summed E-state index contributed by atoms with van der Waals surface area (Å²) < 4.78 is 6.34. The number of furan rings is 1. The van der Waals surface area contributed by atoms with Crippen LogP contribution in [0.2, 0.25) is 0 Å². The summed E-state index contributed by atoms with van der Waals surface area (Å²) in [5.74, 6) is 0. The molecule has 0 fully saturated rings. The van der Waals surface area contributed by atoms with Crippen molar-refractivity contribution in [2.45, 2.75) is 26.2 Å². The van der Waals surface area contributed by atoms with Gasteiger partial charge >= 0.3 is 0 Å². The van der Waals surface area contributed by atoms with E-state index in [-0.39, 0.29) is 5.41 Å². The van der Waals surface area contributed by atoms with Crippen LogP contribution in [0.5, 0.6) is 0 Å². The molecule has 32 heavy (non-hydrogen) atoms. The summed E-state index contributed by atoms with van der Waals surface area (Å²) in [5.41, 5.74) is 10.2. The summed E-state index contributed by atoms with van der Waals surface area (Å²) in [7, 11) is 0. The van der Waals surface area contributed by atoms with Crippen molar-refractivity contribution in [2.24, 2.45) is 0 Å². The maximum atomic E-state index is 6.34. The highest BCUT2D eigenvalue weighted by Crippen LogP contribution is 2.50. The molecule has 2 heteroatoms. The van der Waals surface area contributed by atoms with Gasteiger partial charge < -0.3 is 9.32 Å². The van der Waals surface area contributed by atoms with Crippen LogP contribution in [0.1, 0.15) is 31.9 Å². The molecule has 1 aliphatic rings. The third-order valence-electron chi connectivity index (χ3n) is 6.83. The van der Waals surface area contributed by atoms with Crippen LogP contribution in [-0.4, -0.2) is 0 Å². The van der Waals surface area contributed by atoms with Crippen molar-refractivity contribution < 1.29 is 4.42 Å². The molecule has 0 spiro atoms. The molecule has 0 radical (unpaired) electrons. The summed E-state index contributed by atoms with van der Waals surface area (Å²) in [5, 5.41) is 2.26. The molecule has 156 valence electrons. The van der Waals surface area contributed by atoms with Crippen molar-refractivity contribution >= 4 is 33.3 Å². The number of hydrogen-bond acceptors (Lipinski definition) is 2. The first-order chi connectivity index (χ1) is 15.5. The second kappa shape index (κ2) is 6.61. The summed E-state index contributed by atoms with van der Waals surface area (Å²) in [6, 6.07) is 30.1. The molecule has 5 aromatic rings. The Kier molecular flexibility index (Phi) is 3.91. The number of fused-ring (bicyclic) bond motifs is 6. The quantitative estimate of drug-likeness (QED) is 0.293. The van der Waals surface area contributed by atoms with Crippen LogP contribution in [0.25, 0.3) is 33.1 Å². The Morgan fingerprint density at radius 3 is 2.34 bits per heavy atom. The molecule has 0 saturated carbocycles. The molecular formula is C30H25NO. The van der Waals surface area contributed by atoms with Crippen LogP contribution in [0, 0.1) is 0 Å². The minimum atomic E-state index is -0.0476. The molecule has 2 nitrogen and oxygen atoms in total. The first-order valence-electron chi connectivity index (χ1n) is 11.1. The lowest BCUT2D eigenvalue weighted by atomic mass is 9.82. The number of hydrogen-bond donors (Lipinski definition) is 0. The Morgan fingerprint density at radius 1 is 0.781 bits per heavy atom. The van der Waals surface area contributed by atoms with Gasteiger partial charge in [-0.3, -0.25) is 0 Å². The fraction of sp³-hybridized carbons (Fsp3) is 0.133. The lowest BCUT2D eigenvalue weighted by molar-refractivity contribution is 0.660. The van der Waals surface area contributed by atoms with Gasteiger partial charge in [0.25, 0.3) is 0 Å². The summed E-state index contributed by atoms with van der Waals surface area (Å²) in [6.45, 7) is 11.0. The van der Waals surface area contributed by atoms with Crippen molar-refractivity contribution in [1.82, 2.24) is 0 Å². The molecule has 0 N–H and O–H groups in total. The smallest absolute Gasteiger partial charge is 0.159 e. The van der Waals surface area contributed by atoms with Gasteiger partial charge in [0, 0.05) is 27.6 Å². The van der Waals surface area contributed by atoms with Gasteiger partial charge in [-0.25, -0.2) is 0 Å². The van der Waals surface area contributed by atoms with E-state index < -0.39 is 0 Å². The molecule has 1 heterocycles. The predicted molar refractivity (Wildman–Crippen MR) is 135 cm³/mol. The van der Waals surface area contributed by atoms with Crippen molar-refractivity contribution in [3.8, 4) is 11.1 Å². The van der Waals surface area contributed by atoms with Crippen LogP contribution in [-0.2, 0) is 5.41 Å². The Balaban J connectivity index is 1.57. The Bertz CT molecular complexity index is 1540. The van der Waals surface area contributed by atoms with E-state index >= 15 is 0 Å². The van der Waals surface area contributed by atoms with E-state index in [0.29, 0.717) is 0 Å². The highest BCUT2D eigenvalue weighted by molar-refractivity contribution is 6.09. The first-order valence-corrected chi connectivity index (χ1v) is 11.1. The number of allylic oxidation sites excluding steroid dienone is 1. The van der Waals surface area contributed by atoms with Gasteiger partial charge in [-0.15, -0.1) is 0 Å². The van der Waals surface area contributed by atoms with Crippen molar-refractivity contribution in [2.75, 3.05) is 4.90 Å². The zero-order chi connectivity index (χ0) is 22.0. The molecule has 0 saturated heterocycles. The molecule has 1 aliphatic carbocycles. The van der Waals surface area contributed by atoms with Gasteiger partial charge in [-0.2, -0.15) is 0 Å². The van der Waals surface area contributed by atoms with Gasteiger partial charge in [0.05, 0.1) is 5.69 Å². The Morgan fingerprint density at radius 2 is 1.50 bits per heavy atom.